The zero-order valence-electron chi connectivity index (χ0n) is 11.0. The molecule has 1 aliphatic rings. The normalized spacial score (nSPS) is 14.4. The number of urea groups is 1. The molecule has 2 amide bonds. The van der Waals surface area contributed by atoms with E-state index < -0.39 is 0 Å². The van der Waals surface area contributed by atoms with Crippen LogP contribution in [0, 0.1) is 0 Å². The topological polar surface area (TPSA) is 57.3 Å². The Morgan fingerprint density at radius 3 is 3.05 bits per heavy atom. The van der Waals surface area contributed by atoms with E-state index in [4.69, 9.17) is 0 Å². The van der Waals surface area contributed by atoms with Crippen molar-refractivity contribution in [1.82, 2.24) is 15.2 Å². The molecule has 20 heavy (non-hydrogen) atoms. The van der Waals surface area contributed by atoms with Crippen molar-refractivity contribution in [1.29, 1.82) is 0 Å². The third-order valence-electron chi connectivity index (χ3n) is 3.27. The first kappa shape index (κ1) is 12.9. The highest BCUT2D eigenvalue weighted by molar-refractivity contribution is 7.07. The van der Waals surface area contributed by atoms with Gasteiger partial charge in [0, 0.05) is 30.7 Å². The molecule has 2 N–H and O–H groups in total. The third kappa shape index (κ3) is 2.91. The molecule has 1 aliphatic heterocycles. The number of benzene rings is 1. The fraction of sp³-hybridized carbons (Fsp3) is 0.286. The molecule has 0 unspecified atom stereocenters. The highest BCUT2D eigenvalue weighted by Gasteiger charge is 2.20. The summed E-state index contributed by atoms with van der Waals surface area (Å²) in [4.78, 5) is 17.7. The van der Waals surface area contributed by atoms with Crippen LogP contribution in [0.15, 0.2) is 35.2 Å². The summed E-state index contributed by atoms with van der Waals surface area (Å²) < 4.78 is 0. The van der Waals surface area contributed by atoms with Crippen molar-refractivity contribution in [3.63, 3.8) is 0 Å². The maximum absolute atomic E-state index is 11.6. The Balaban J connectivity index is 1.69. The molecule has 1 fully saturated rings. The lowest BCUT2D eigenvalue weighted by molar-refractivity contribution is 0.215. The van der Waals surface area contributed by atoms with Crippen LogP contribution in [0.4, 0.5) is 10.5 Å². The second kappa shape index (κ2) is 5.92. The third-order valence-corrected chi connectivity index (χ3v) is 3.90. The molecule has 0 saturated carbocycles. The van der Waals surface area contributed by atoms with E-state index in [9.17, 15) is 4.79 Å². The summed E-state index contributed by atoms with van der Waals surface area (Å²) in [5.74, 6) is 0. The first-order valence-electron chi connectivity index (χ1n) is 6.54. The summed E-state index contributed by atoms with van der Waals surface area (Å²) in [6.07, 6.45) is 0. The Labute approximate surface area is 121 Å². The minimum absolute atomic E-state index is 0.0132. The van der Waals surface area contributed by atoms with Crippen LogP contribution >= 0.6 is 11.3 Å². The van der Waals surface area contributed by atoms with Crippen molar-refractivity contribution in [3.8, 4) is 0 Å². The molecule has 0 spiro atoms. The monoisotopic (exact) mass is 288 g/mol. The van der Waals surface area contributed by atoms with E-state index in [-0.39, 0.29) is 6.03 Å². The van der Waals surface area contributed by atoms with Gasteiger partial charge in [-0.15, -0.1) is 11.3 Å². The lowest BCUT2D eigenvalue weighted by atomic mass is 10.1. The number of hydrogen-bond donors (Lipinski definition) is 2. The number of amides is 2. The fourth-order valence-corrected chi connectivity index (χ4v) is 2.77. The zero-order valence-corrected chi connectivity index (χ0v) is 11.8. The van der Waals surface area contributed by atoms with E-state index in [1.165, 1.54) is 0 Å². The van der Waals surface area contributed by atoms with Crippen LogP contribution in [0.2, 0.25) is 0 Å². The van der Waals surface area contributed by atoms with E-state index >= 15 is 0 Å². The number of thiazole rings is 1. The second-order valence-corrected chi connectivity index (χ2v) is 5.36. The second-order valence-electron chi connectivity index (χ2n) is 4.64. The van der Waals surface area contributed by atoms with E-state index in [0.29, 0.717) is 13.1 Å². The highest BCUT2D eigenvalue weighted by atomic mass is 32.1. The predicted molar refractivity (Wildman–Crippen MR) is 79.7 cm³/mol. The van der Waals surface area contributed by atoms with Gasteiger partial charge in [0.2, 0.25) is 0 Å². The molecule has 0 bridgehead atoms. The largest absolute Gasteiger partial charge is 0.379 e. The van der Waals surface area contributed by atoms with Crippen LogP contribution in [0.3, 0.4) is 0 Å². The SMILES string of the molecule is O=C1NCCN1Cc1ccccc1NCc1cscn1. The Bertz CT molecular complexity index is 585. The molecule has 2 aromatic rings. The van der Waals surface area contributed by atoms with Gasteiger partial charge in [-0.1, -0.05) is 18.2 Å². The zero-order chi connectivity index (χ0) is 13.8. The minimum Gasteiger partial charge on any atom is -0.379 e. The molecule has 2 heterocycles. The molecule has 0 atom stereocenters. The van der Waals surface area contributed by atoms with Gasteiger partial charge in [0.15, 0.2) is 0 Å². The van der Waals surface area contributed by atoms with E-state index in [0.717, 1.165) is 30.0 Å². The number of hydrogen-bond acceptors (Lipinski definition) is 4. The van der Waals surface area contributed by atoms with Crippen LogP contribution < -0.4 is 10.6 Å². The molecule has 1 aromatic carbocycles. The average Bonchev–Trinajstić information content (AvgIpc) is 3.11. The number of anilines is 1. The molecule has 1 aromatic heterocycles. The van der Waals surface area contributed by atoms with Crippen molar-refractivity contribution in [2.24, 2.45) is 0 Å². The quantitative estimate of drug-likeness (QED) is 0.887. The van der Waals surface area contributed by atoms with Gasteiger partial charge in [0.05, 0.1) is 17.7 Å². The van der Waals surface area contributed by atoms with Crippen molar-refractivity contribution in [2.45, 2.75) is 13.1 Å². The first-order valence-corrected chi connectivity index (χ1v) is 7.49. The molecule has 3 rings (SSSR count). The average molecular weight is 288 g/mol. The predicted octanol–water partition coefficient (Wildman–Crippen LogP) is 2.28. The van der Waals surface area contributed by atoms with Gasteiger partial charge >= 0.3 is 6.03 Å². The number of carbonyl (C=O) groups is 1. The van der Waals surface area contributed by atoms with Gasteiger partial charge < -0.3 is 15.5 Å². The Morgan fingerprint density at radius 2 is 2.30 bits per heavy atom. The van der Waals surface area contributed by atoms with Crippen molar-refractivity contribution in [2.75, 3.05) is 18.4 Å². The highest BCUT2D eigenvalue weighted by Crippen LogP contribution is 2.19. The molecule has 5 nitrogen and oxygen atoms in total. The van der Waals surface area contributed by atoms with Crippen LogP contribution in [-0.2, 0) is 13.1 Å². The molecule has 104 valence electrons. The van der Waals surface area contributed by atoms with Gasteiger partial charge in [0.1, 0.15) is 0 Å². The maximum Gasteiger partial charge on any atom is 0.317 e. The summed E-state index contributed by atoms with van der Waals surface area (Å²) in [7, 11) is 0. The lowest BCUT2D eigenvalue weighted by Crippen LogP contribution is -2.27. The Kier molecular flexibility index (Phi) is 3.83. The van der Waals surface area contributed by atoms with E-state index in [1.807, 2.05) is 34.0 Å². The maximum atomic E-state index is 11.6. The first-order chi connectivity index (χ1) is 9.83. The smallest absolute Gasteiger partial charge is 0.317 e. The minimum atomic E-state index is 0.0132. The molecular weight excluding hydrogens is 272 g/mol. The Hall–Kier alpha value is -2.08. The molecular formula is C14H16N4OS. The van der Waals surface area contributed by atoms with Crippen LogP contribution in [-0.4, -0.2) is 29.0 Å². The van der Waals surface area contributed by atoms with Crippen LogP contribution in [0.5, 0.6) is 0 Å². The number of carbonyl (C=O) groups excluding carboxylic acids is 1. The summed E-state index contributed by atoms with van der Waals surface area (Å²) in [6, 6.07) is 8.10. The lowest BCUT2D eigenvalue weighted by Gasteiger charge is -2.17. The van der Waals surface area contributed by atoms with Crippen molar-refractivity contribution in [3.05, 3.63) is 46.4 Å². The van der Waals surface area contributed by atoms with Crippen LogP contribution in [0.1, 0.15) is 11.3 Å². The number of para-hydroxylation sites is 1. The van der Waals surface area contributed by atoms with Crippen molar-refractivity contribution < 1.29 is 4.79 Å². The van der Waals surface area contributed by atoms with Crippen LogP contribution in [0.25, 0.3) is 0 Å². The number of nitrogens with zero attached hydrogens (tertiary/aromatic N) is 2. The van der Waals surface area contributed by atoms with Gasteiger partial charge in [-0.2, -0.15) is 0 Å². The summed E-state index contributed by atoms with van der Waals surface area (Å²) in [6.45, 7) is 2.82. The fourth-order valence-electron chi connectivity index (χ4n) is 2.21. The standard InChI is InChI=1S/C14H16N4OS/c19-14-15-5-6-18(14)8-11-3-1-2-4-13(11)16-7-12-9-20-10-17-12/h1-4,9-10,16H,5-8H2,(H,15,19). The van der Waals surface area contributed by atoms with Gasteiger partial charge in [0.25, 0.3) is 0 Å². The van der Waals surface area contributed by atoms with E-state index in [2.05, 4.69) is 21.7 Å². The molecule has 6 heteroatoms. The molecule has 1 saturated heterocycles. The van der Waals surface area contributed by atoms with E-state index in [1.54, 1.807) is 11.3 Å². The molecule has 0 aliphatic carbocycles. The number of nitrogens with one attached hydrogen (secondary N) is 2. The van der Waals surface area contributed by atoms with Gasteiger partial charge in [-0.05, 0) is 11.6 Å². The van der Waals surface area contributed by atoms with Crippen molar-refractivity contribution >= 4 is 23.1 Å². The Morgan fingerprint density at radius 1 is 1.40 bits per heavy atom. The summed E-state index contributed by atoms with van der Waals surface area (Å²) >= 11 is 1.59. The number of aromatic nitrogens is 1. The molecule has 0 radical (unpaired) electrons. The summed E-state index contributed by atoms with van der Waals surface area (Å²) in [5, 5.41) is 8.24. The van der Waals surface area contributed by atoms with Gasteiger partial charge in [-0.3, -0.25) is 0 Å². The number of rotatable bonds is 5. The van der Waals surface area contributed by atoms with Gasteiger partial charge in [-0.25, -0.2) is 9.78 Å². The summed E-state index contributed by atoms with van der Waals surface area (Å²) in [5.41, 5.74) is 5.04.